The molecule has 0 amide bonds. The number of alkyl halides is 3. The molecule has 0 unspecified atom stereocenters. The van der Waals surface area contributed by atoms with Gasteiger partial charge in [-0.05, 0) is 57.0 Å². The van der Waals surface area contributed by atoms with Crippen molar-refractivity contribution in [2.24, 2.45) is 0 Å². The minimum atomic E-state index is -4.48. The molecule has 2 N–H and O–H groups in total. The number of halogens is 4. The van der Waals surface area contributed by atoms with Crippen LogP contribution in [0.4, 0.5) is 13.2 Å². The number of aromatic nitrogens is 2. The summed E-state index contributed by atoms with van der Waals surface area (Å²) in [5.41, 5.74) is 0.112. The Bertz CT molecular complexity index is 1830. The van der Waals surface area contributed by atoms with Crippen LogP contribution in [0.15, 0.2) is 70.3 Å². The summed E-state index contributed by atoms with van der Waals surface area (Å²) in [6.45, 7) is 8.21. The molecule has 4 aromatic rings. The maximum Gasteiger partial charge on any atom is 0.416 e. The zero-order valence-electron chi connectivity index (χ0n) is 24.3. The number of carboxylic acid groups (broad SMARTS) is 2. The Morgan fingerprint density at radius 2 is 1.30 bits per heavy atom. The number of hydrogen-bond donors (Lipinski definition) is 2. The molecule has 0 spiro atoms. The highest BCUT2D eigenvalue weighted by atomic mass is 35.5. The number of nitrogens with zero attached hydrogens (tertiary/aromatic N) is 2. The molecule has 2 aromatic carbocycles. The van der Waals surface area contributed by atoms with Crippen LogP contribution in [0.1, 0.15) is 58.4 Å². The Hall–Kier alpha value is -4.64. The summed E-state index contributed by atoms with van der Waals surface area (Å²) >= 11 is 6.00. The molecular weight excluding hydrogens is 601 g/mol. The Morgan fingerprint density at radius 1 is 0.773 bits per heavy atom. The Morgan fingerprint density at radius 3 is 1.75 bits per heavy atom. The predicted molar refractivity (Wildman–Crippen MR) is 162 cm³/mol. The van der Waals surface area contributed by atoms with Crippen molar-refractivity contribution in [2.45, 2.75) is 53.4 Å². The van der Waals surface area contributed by atoms with Gasteiger partial charge in [-0.25, -0.2) is 9.59 Å². The van der Waals surface area contributed by atoms with E-state index in [2.05, 4.69) is 0 Å². The summed E-state index contributed by atoms with van der Waals surface area (Å²) in [5.74, 6) is -2.63. The molecule has 0 aliphatic rings. The van der Waals surface area contributed by atoms with Crippen LogP contribution in [-0.4, -0.2) is 31.3 Å². The first kappa shape index (κ1) is 33.9. The van der Waals surface area contributed by atoms with E-state index >= 15 is 0 Å². The summed E-state index contributed by atoms with van der Waals surface area (Å²) in [5, 5.41) is 19.2. The molecule has 0 fully saturated rings. The molecule has 0 atom stereocenters. The topological polar surface area (TPSA) is 119 Å². The molecular formula is C32H30ClF3N2O6. The van der Waals surface area contributed by atoms with Crippen LogP contribution in [0.3, 0.4) is 0 Å². The number of carboxylic acids is 2. The normalized spacial score (nSPS) is 11.1. The quantitative estimate of drug-likeness (QED) is 0.227. The highest BCUT2D eigenvalue weighted by Gasteiger charge is 2.30. The molecule has 2 aromatic heterocycles. The highest BCUT2D eigenvalue weighted by molar-refractivity contribution is 6.30. The van der Waals surface area contributed by atoms with E-state index in [9.17, 15) is 42.6 Å². The summed E-state index contributed by atoms with van der Waals surface area (Å²) < 4.78 is 41.4. The van der Waals surface area contributed by atoms with Crippen molar-refractivity contribution in [2.75, 3.05) is 0 Å². The van der Waals surface area contributed by atoms with Gasteiger partial charge < -0.3 is 19.3 Å². The molecule has 2 heterocycles. The lowest BCUT2D eigenvalue weighted by molar-refractivity contribution is -0.137. The third-order valence-electron chi connectivity index (χ3n) is 6.92. The summed E-state index contributed by atoms with van der Waals surface area (Å²) in [6.07, 6.45) is -3.83. The van der Waals surface area contributed by atoms with Gasteiger partial charge in [-0.1, -0.05) is 42.8 Å². The molecule has 232 valence electrons. The van der Waals surface area contributed by atoms with Crippen molar-refractivity contribution in [3.8, 4) is 22.5 Å². The fourth-order valence-electron chi connectivity index (χ4n) is 4.99. The number of aryl methyl sites for hydroxylation is 2. The smallest absolute Gasteiger partial charge is 0.416 e. The third kappa shape index (κ3) is 7.11. The van der Waals surface area contributed by atoms with Crippen molar-refractivity contribution < 1.29 is 33.0 Å². The second-order valence-corrected chi connectivity index (χ2v) is 10.1. The summed E-state index contributed by atoms with van der Waals surface area (Å²) in [7, 11) is 0. The van der Waals surface area contributed by atoms with Gasteiger partial charge in [-0.15, -0.1) is 0 Å². The van der Waals surface area contributed by atoms with Crippen LogP contribution in [0, 0.1) is 6.92 Å². The zero-order chi connectivity index (χ0) is 32.9. The van der Waals surface area contributed by atoms with Gasteiger partial charge in [0.05, 0.1) is 17.0 Å². The summed E-state index contributed by atoms with van der Waals surface area (Å²) in [6, 6.07) is 13.6. The molecule has 0 saturated heterocycles. The molecule has 0 aliphatic heterocycles. The Labute approximate surface area is 255 Å². The number of hydrogen-bond acceptors (Lipinski definition) is 4. The lowest BCUT2D eigenvalue weighted by Gasteiger charge is -2.19. The number of aromatic carboxylic acids is 2. The molecule has 12 heteroatoms. The van der Waals surface area contributed by atoms with Crippen molar-refractivity contribution in [3.05, 3.63) is 114 Å². The van der Waals surface area contributed by atoms with Gasteiger partial charge in [0.15, 0.2) is 10.9 Å². The second kappa shape index (κ2) is 13.8. The van der Waals surface area contributed by atoms with Crippen molar-refractivity contribution in [3.63, 3.8) is 0 Å². The predicted octanol–water partition coefficient (Wildman–Crippen LogP) is 7.01. The van der Waals surface area contributed by atoms with E-state index in [0.29, 0.717) is 41.5 Å². The molecule has 0 aliphatic carbocycles. The minimum Gasteiger partial charge on any atom is -0.477 e. The van der Waals surface area contributed by atoms with Crippen LogP contribution in [-0.2, 0) is 25.7 Å². The van der Waals surface area contributed by atoms with E-state index in [0.717, 1.165) is 17.8 Å². The molecule has 0 bridgehead atoms. The molecule has 0 saturated carbocycles. The number of carbonyl (C=O) groups is 2. The van der Waals surface area contributed by atoms with Crippen LogP contribution in [0.5, 0.6) is 0 Å². The third-order valence-corrected chi connectivity index (χ3v) is 7.16. The van der Waals surface area contributed by atoms with Crippen molar-refractivity contribution >= 4 is 23.5 Å². The number of benzene rings is 2. The average Bonchev–Trinajstić information content (AvgIpc) is 2.95. The maximum atomic E-state index is 12.7. The largest absolute Gasteiger partial charge is 0.477 e. The van der Waals surface area contributed by atoms with E-state index in [4.69, 9.17) is 11.6 Å². The summed E-state index contributed by atoms with van der Waals surface area (Å²) in [4.78, 5) is 47.1. The average molecular weight is 631 g/mol. The monoisotopic (exact) mass is 630 g/mol. The lowest BCUT2D eigenvalue weighted by atomic mass is 10.0. The van der Waals surface area contributed by atoms with Gasteiger partial charge in [0.1, 0.15) is 11.1 Å². The van der Waals surface area contributed by atoms with Crippen LogP contribution < -0.4 is 10.9 Å². The fraction of sp³-hybridized carbons (Fsp3) is 0.250. The first-order valence-electron chi connectivity index (χ1n) is 13.6. The second-order valence-electron chi connectivity index (χ2n) is 9.63. The Balaban J connectivity index is 0.000000241. The standard InChI is InChI=1S/C16H16ClNO3.C16H14F3NO3/c1-3-12-9-13(19)14(16(20)21)15(18(12)4-2)10-6-5-7-11(17)8-10;1-3-20-9(2)8-12(21)13(15(22)23)14(20)10-4-6-11(7-5-10)16(17,18)19/h5-9H,3-4H2,1-2H3,(H,20,21);4-8H,3H2,1-2H3,(H,22,23). The lowest BCUT2D eigenvalue weighted by Crippen LogP contribution is -2.23. The van der Waals surface area contributed by atoms with Crippen molar-refractivity contribution in [1.82, 2.24) is 9.13 Å². The molecule has 0 radical (unpaired) electrons. The zero-order valence-corrected chi connectivity index (χ0v) is 25.1. The van der Waals surface area contributed by atoms with Crippen molar-refractivity contribution in [1.29, 1.82) is 0 Å². The van der Waals surface area contributed by atoms with Crippen LogP contribution in [0.25, 0.3) is 22.5 Å². The van der Waals surface area contributed by atoms with Gasteiger partial charge in [-0.3, -0.25) is 9.59 Å². The number of rotatable bonds is 7. The van der Waals surface area contributed by atoms with E-state index < -0.39 is 40.1 Å². The van der Waals surface area contributed by atoms with Gasteiger partial charge in [0, 0.05) is 47.2 Å². The first-order valence-corrected chi connectivity index (χ1v) is 13.9. The van der Waals surface area contributed by atoms with Gasteiger partial charge in [0.25, 0.3) is 0 Å². The van der Waals surface area contributed by atoms with E-state index in [1.807, 2.05) is 18.4 Å². The van der Waals surface area contributed by atoms with Crippen LogP contribution in [0.2, 0.25) is 5.02 Å². The Kier molecular flexibility index (Phi) is 10.6. The van der Waals surface area contributed by atoms with Gasteiger partial charge >= 0.3 is 18.1 Å². The SMILES string of the molecule is CCc1cc(=O)c(C(=O)O)c(-c2cccc(Cl)c2)n1CC.CCn1c(C)cc(=O)c(C(=O)O)c1-c1ccc(C(F)(F)F)cc1. The maximum absolute atomic E-state index is 12.7. The van der Waals surface area contributed by atoms with Crippen LogP contribution >= 0.6 is 11.6 Å². The first-order chi connectivity index (χ1) is 20.7. The highest BCUT2D eigenvalue weighted by Crippen LogP contribution is 2.32. The fourth-order valence-corrected chi connectivity index (χ4v) is 5.18. The number of pyridine rings is 2. The van der Waals surface area contributed by atoms with Gasteiger partial charge in [-0.2, -0.15) is 13.2 Å². The van der Waals surface area contributed by atoms with E-state index in [-0.39, 0.29) is 16.8 Å². The molecule has 44 heavy (non-hydrogen) atoms. The van der Waals surface area contributed by atoms with Gasteiger partial charge in [0.2, 0.25) is 0 Å². The van der Waals surface area contributed by atoms with E-state index in [1.54, 1.807) is 42.7 Å². The van der Waals surface area contributed by atoms with E-state index in [1.165, 1.54) is 24.3 Å². The molecule has 8 nitrogen and oxygen atoms in total. The minimum absolute atomic E-state index is 0.110. The molecule has 4 rings (SSSR count).